The van der Waals surface area contributed by atoms with E-state index >= 15 is 0 Å². The minimum absolute atomic E-state index is 0.0159. The molecule has 4 rings (SSSR count). The number of nitrogens with zero attached hydrogens (tertiary/aromatic N) is 1. The van der Waals surface area contributed by atoms with Gasteiger partial charge in [-0.05, 0) is 61.5 Å². The molecular formula is C28H33N3O4. The maximum atomic E-state index is 12.7. The number of fused-ring (bicyclic) bond motifs is 1. The molecule has 1 aliphatic rings. The fraction of sp³-hybridized carbons (Fsp3) is 0.357. The zero-order valence-electron chi connectivity index (χ0n) is 20.4. The van der Waals surface area contributed by atoms with Crippen LogP contribution in [0.3, 0.4) is 0 Å². The summed E-state index contributed by atoms with van der Waals surface area (Å²) in [6.45, 7) is 2.37. The van der Waals surface area contributed by atoms with Gasteiger partial charge in [0, 0.05) is 23.5 Å². The van der Waals surface area contributed by atoms with Gasteiger partial charge in [0.15, 0.2) is 11.5 Å². The van der Waals surface area contributed by atoms with Gasteiger partial charge in [-0.3, -0.25) is 14.5 Å². The summed E-state index contributed by atoms with van der Waals surface area (Å²) in [6, 6.07) is 19.7. The number of rotatable bonds is 9. The molecule has 1 aliphatic heterocycles. The van der Waals surface area contributed by atoms with Crippen molar-refractivity contribution in [3.63, 3.8) is 0 Å². The number of ether oxygens (including phenoxy) is 2. The lowest BCUT2D eigenvalue weighted by Crippen LogP contribution is -2.43. The minimum Gasteiger partial charge on any atom is -0.493 e. The molecule has 0 aliphatic carbocycles. The SMILES string of the molecule is COc1ccc(CCNC(=O)C2CCN(CC(=O)Nc3cccc4ccccc34)CC2)cc1OC. The van der Waals surface area contributed by atoms with E-state index in [0.29, 0.717) is 24.6 Å². The van der Waals surface area contributed by atoms with E-state index in [1.807, 2.05) is 60.7 Å². The molecule has 7 nitrogen and oxygen atoms in total. The maximum absolute atomic E-state index is 12.7. The van der Waals surface area contributed by atoms with Crippen molar-refractivity contribution in [2.24, 2.45) is 5.92 Å². The van der Waals surface area contributed by atoms with Crippen LogP contribution in [0.4, 0.5) is 5.69 Å². The van der Waals surface area contributed by atoms with Crippen molar-refractivity contribution in [2.75, 3.05) is 45.7 Å². The Balaban J connectivity index is 1.20. The molecule has 3 aromatic carbocycles. The summed E-state index contributed by atoms with van der Waals surface area (Å²) in [5.41, 5.74) is 1.91. The Labute approximate surface area is 206 Å². The highest BCUT2D eigenvalue weighted by Crippen LogP contribution is 2.27. The van der Waals surface area contributed by atoms with Gasteiger partial charge in [-0.15, -0.1) is 0 Å². The molecule has 0 bridgehead atoms. The van der Waals surface area contributed by atoms with Crippen LogP contribution in [0, 0.1) is 5.92 Å². The Hall–Kier alpha value is -3.58. The Morgan fingerprint density at radius 2 is 1.69 bits per heavy atom. The van der Waals surface area contributed by atoms with Crippen molar-refractivity contribution in [1.82, 2.24) is 10.2 Å². The van der Waals surface area contributed by atoms with Gasteiger partial charge in [0.1, 0.15) is 0 Å². The van der Waals surface area contributed by atoms with Crippen LogP contribution in [0.5, 0.6) is 11.5 Å². The number of carbonyl (C=O) groups is 2. The van der Waals surface area contributed by atoms with Crippen LogP contribution in [0.25, 0.3) is 10.8 Å². The Kier molecular flexibility index (Phi) is 8.21. The molecule has 3 aromatic rings. The number of likely N-dealkylation sites (tertiary alicyclic amines) is 1. The number of hydrogen-bond donors (Lipinski definition) is 2. The quantitative estimate of drug-likeness (QED) is 0.491. The molecule has 0 atom stereocenters. The molecule has 1 fully saturated rings. The minimum atomic E-state index is -0.0285. The Bertz CT molecular complexity index is 1170. The molecule has 7 heteroatoms. The zero-order chi connectivity index (χ0) is 24.6. The number of piperidine rings is 1. The van der Waals surface area contributed by atoms with Crippen molar-refractivity contribution in [1.29, 1.82) is 0 Å². The van der Waals surface area contributed by atoms with E-state index in [1.54, 1.807) is 14.2 Å². The first-order chi connectivity index (χ1) is 17.1. The second-order valence-corrected chi connectivity index (χ2v) is 8.86. The van der Waals surface area contributed by atoms with E-state index in [0.717, 1.165) is 54.4 Å². The van der Waals surface area contributed by atoms with Crippen molar-refractivity contribution in [2.45, 2.75) is 19.3 Å². The average molecular weight is 476 g/mol. The van der Waals surface area contributed by atoms with Crippen LogP contribution in [-0.2, 0) is 16.0 Å². The first kappa shape index (κ1) is 24.5. The maximum Gasteiger partial charge on any atom is 0.238 e. The Morgan fingerprint density at radius 1 is 0.943 bits per heavy atom. The molecule has 0 unspecified atom stereocenters. The van der Waals surface area contributed by atoms with Gasteiger partial charge >= 0.3 is 0 Å². The number of methoxy groups -OCH3 is 2. The molecule has 0 radical (unpaired) electrons. The number of anilines is 1. The third kappa shape index (κ3) is 6.31. The summed E-state index contributed by atoms with van der Waals surface area (Å²) in [7, 11) is 3.23. The molecule has 0 saturated carbocycles. The molecule has 0 aromatic heterocycles. The highest BCUT2D eigenvalue weighted by molar-refractivity contribution is 6.02. The van der Waals surface area contributed by atoms with Crippen molar-refractivity contribution in [3.05, 3.63) is 66.2 Å². The van der Waals surface area contributed by atoms with Gasteiger partial charge in [0.05, 0.1) is 20.8 Å². The number of benzene rings is 3. The summed E-state index contributed by atoms with van der Waals surface area (Å²) in [5.74, 6) is 1.42. The lowest BCUT2D eigenvalue weighted by atomic mass is 9.96. The standard InChI is InChI=1S/C28H33N3O4/c1-34-25-11-10-20(18-26(25)35-2)12-15-29-28(33)22-13-16-31(17-14-22)19-27(32)30-24-9-5-7-21-6-3-4-8-23(21)24/h3-11,18,22H,12-17,19H2,1-2H3,(H,29,33)(H,30,32). The molecule has 184 valence electrons. The summed E-state index contributed by atoms with van der Waals surface area (Å²) >= 11 is 0. The highest BCUT2D eigenvalue weighted by atomic mass is 16.5. The van der Waals surface area contributed by atoms with E-state index in [9.17, 15) is 9.59 Å². The molecule has 35 heavy (non-hydrogen) atoms. The van der Waals surface area contributed by atoms with Crippen molar-refractivity contribution >= 4 is 28.3 Å². The first-order valence-corrected chi connectivity index (χ1v) is 12.1. The fourth-order valence-electron chi connectivity index (χ4n) is 4.59. The number of hydrogen-bond acceptors (Lipinski definition) is 5. The first-order valence-electron chi connectivity index (χ1n) is 12.1. The van der Waals surface area contributed by atoms with E-state index in [4.69, 9.17) is 9.47 Å². The largest absolute Gasteiger partial charge is 0.493 e. The van der Waals surface area contributed by atoms with Crippen LogP contribution in [0.15, 0.2) is 60.7 Å². The van der Waals surface area contributed by atoms with Crippen LogP contribution in [-0.4, -0.2) is 57.1 Å². The highest BCUT2D eigenvalue weighted by Gasteiger charge is 2.25. The smallest absolute Gasteiger partial charge is 0.238 e. The van der Waals surface area contributed by atoms with Crippen LogP contribution in [0.2, 0.25) is 0 Å². The second kappa shape index (κ2) is 11.7. The monoisotopic (exact) mass is 475 g/mol. The molecule has 2 amide bonds. The van der Waals surface area contributed by atoms with E-state index in [2.05, 4.69) is 15.5 Å². The number of amides is 2. The molecule has 1 heterocycles. The summed E-state index contributed by atoms with van der Waals surface area (Å²) in [4.78, 5) is 27.4. The second-order valence-electron chi connectivity index (χ2n) is 8.86. The van der Waals surface area contributed by atoms with Gasteiger partial charge < -0.3 is 20.1 Å². The van der Waals surface area contributed by atoms with Gasteiger partial charge in [0.2, 0.25) is 11.8 Å². The van der Waals surface area contributed by atoms with Gasteiger partial charge in [0.25, 0.3) is 0 Å². The van der Waals surface area contributed by atoms with Crippen LogP contribution < -0.4 is 20.1 Å². The van der Waals surface area contributed by atoms with E-state index < -0.39 is 0 Å². The molecule has 1 saturated heterocycles. The Morgan fingerprint density at radius 3 is 2.46 bits per heavy atom. The van der Waals surface area contributed by atoms with Crippen molar-refractivity contribution in [3.8, 4) is 11.5 Å². The summed E-state index contributed by atoms with van der Waals surface area (Å²) < 4.78 is 10.6. The zero-order valence-corrected chi connectivity index (χ0v) is 20.4. The third-order valence-electron chi connectivity index (χ3n) is 6.55. The van der Waals surface area contributed by atoms with Crippen LogP contribution >= 0.6 is 0 Å². The van der Waals surface area contributed by atoms with Gasteiger partial charge in [-0.2, -0.15) is 0 Å². The normalized spacial score (nSPS) is 14.5. The average Bonchev–Trinajstić information content (AvgIpc) is 2.89. The van der Waals surface area contributed by atoms with Gasteiger partial charge in [-0.25, -0.2) is 0 Å². The lowest BCUT2D eigenvalue weighted by Gasteiger charge is -2.30. The lowest BCUT2D eigenvalue weighted by molar-refractivity contribution is -0.126. The fourth-order valence-corrected chi connectivity index (χ4v) is 4.59. The molecule has 2 N–H and O–H groups in total. The molecule has 0 spiro atoms. The van der Waals surface area contributed by atoms with Gasteiger partial charge in [-0.1, -0.05) is 42.5 Å². The predicted octanol–water partition coefficient (Wildman–Crippen LogP) is 3.87. The van der Waals surface area contributed by atoms with E-state index in [1.165, 1.54) is 0 Å². The number of carbonyl (C=O) groups excluding carboxylic acids is 2. The van der Waals surface area contributed by atoms with Crippen molar-refractivity contribution < 1.29 is 19.1 Å². The third-order valence-corrected chi connectivity index (χ3v) is 6.55. The van der Waals surface area contributed by atoms with Crippen LogP contribution in [0.1, 0.15) is 18.4 Å². The topological polar surface area (TPSA) is 79.9 Å². The van der Waals surface area contributed by atoms with E-state index in [-0.39, 0.29) is 17.7 Å². The summed E-state index contributed by atoms with van der Waals surface area (Å²) in [5, 5.41) is 8.25. The summed E-state index contributed by atoms with van der Waals surface area (Å²) in [6.07, 6.45) is 2.23. The predicted molar refractivity (Wildman–Crippen MR) is 138 cm³/mol. The number of nitrogens with one attached hydrogen (secondary N) is 2. The molecular weight excluding hydrogens is 442 g/mol.